The van der Waals surface area contributed by atoms with Crippen LogP contribution in [0.4, 0.5) is 0 Å². The Bertz CT molecular complexity index is 3800. The van der Waals surface area contributed by atoms with Gasteiger partial charge in [0.25, 0.3) is 0 Å². The molecule has 100 heavy (non-hydrogen) atoms. The molecule has 532 valence electrons. The van der Waals surface area contributed by atoms with Crippen LogP contribution in [0.2, 0.25) is 0 Å². The van der Waals surface area contributed by atoms with Gasteiger partial charge in [0, 0.05) is 103 Å². The van der Waals surface area contributed by atoms with Gasteiger partial charge in [-0.3, -0.25) is 18.7 Å². The molecular formula is C80H100N8O12. The van der Waals surface area contributed by atoms with E-state index < -0.39 is 0 Å². The molecule has 4 aromatic carbocycles. The van der Waals surface area contributed by atoms with Gasteiger partial charge in [0.05, 0.1) is 86.5 Å². The molecule has 12 rings (SSSR count). The van der Waals surface area contributed by atoms with Crippen molar-refractivity contribution >= 4 is 35.5 Å². The van der Waals surface area contributed by atoms with E-state index in [4.69, 9.17) is 37.9 Å². The number of phenols is 4. The van der Waals surface area contributed by atoms with Crippen molar-refractivity contribution in [1.29, 1.82) is 0 Å². The molecule has 4 aliphatic rings. The fourth-order valence-corrected chi connectivity index (χ4v) is 13.0. The Balaban J connectivity index is 0.000000156. The second-order valence-electron chi connectivity index (χ2n) is 26.1. The van der Waals surface area contributed by atoms with Crippen LogP contribution in [0.5, 0.6) is 46.0 Å². The van der Waals surface area contributed by atoms with E-state index in [9.17, 15) is 20.4 Å². The fraction of sp³-hybridized carbons (Fsp3) is 0.400. The first-order valence-corrected chi connectivity index (χ1v) is 34.6. The molecule has 2 saturated heterocycles. The minimum atomic E-state index is 0.166. The summed E-state index contributed by atoms with van der Waals surface area (Å²) in [4.78, 5) is 0. The number of rotatable bonds is 24. The molecule has 4 unspecified atom stereocenters. The Hall–Kier alpha value is -9.60. The Kier molecular flexibility index (Phi) is 27.2. The number of benzene rings is 4. The molecule has 20 nitrogen and oxygen atoms in total. The summed E-state index contributed by atoms with van der Waals surface area (Å²) in [5.41, 5.74) is 11.8. The van der Waals surface area contributed by atoms with Crippen molar-refractivity contribution in [2.24, 2.45) is 11.8 Å². The van der Waals surface area contributed by atoms with Gasteiger partial charge in [-0.25, -0.2) is 0 Å². The second kappa shape index (κ2) is 36.5. The molecular weight excluding hydrogens is 1260 g/mol. The average Bonchev–Trinajstić information content (AvgIpc) is 1.48. The molecule has 0 aliphatic carbocycles. The van der Waals surface area contributed by atoms with E-state index in [2.05, 4.69) is 124 Å². The quantitative estimate of drug-likeness (QED) is 0.0441. The summed E-state index contributed by atoms with van der Waals surface area (Å²) in [6.07, 6.45) is 17.4. The maximum atomic E-state index is 9.95. The standard InChI is InChI=1S/C20H26N2O3.C20H24N2O3.C20H26N2O3.C20H24N2O3/c2*1-4-16-19(23)6-5-7-20(16)25-13-15-12-24-11-9-17(15)18-8-10-21-22(18)14(2)3;2*1-4-16-19(23)6-5-7-20(16)25-12-15-9-11-24-13-17(15)18-8-10-21-22(18)14(2)3/h4-8,10,14-15,17,23H,1,9,11-13H2,2-3H3;4-8,10,14,23H,1,9,11-13H2,2-3H3;4-8,10,14-15,17,23H,1,9,11-13H2,2-3H3;4-8,10,14,23H,1,9,11-13H2,2-3H3. The van der Waals surface area contributed by atoms with Crippen molar-refractivity contribution in [2.45, 2.75) is 117 Å². The minimum absolute atomic E-state index is 0.166. The molecule has 4 aromatic heterocycles. The van der Waals surface area contributed by atoms with Crippen LogP contribution >= 0.6 is 0 Å². The zero-order valence-electron chi connectivity index (χ0n) is 59.2. The van der Waals surface area contributed by atoms with Gasteiger partial charge in [0.1, 0.15) is 59.2 Å². The van der Waals surface area contributed by atoms with E-state index in [0.717, 1.165) is 61.4 Å². The van der Waals surface area contributed by atoms with Gasteiger partial charge in [0.2, 0.25) is 0 Å². The lowest BCUT2D eigenvalue weighted by atomic mass is 9.86. The van der Waals surface area contributed by atoms with E-state index in [1.54, 1.807) is 72.8 Å². The Morgan fingerprint density at radius 1 is 0.420 bits per heavy atom. The highest BCUT2D eigenvalue weighted by atomic mass is 16.5. The van der Waals surface area contributed by atoms with E-state index in [-0.39, 0.29) is 40.9 Å². The van der Waals surface area contributed by atoms with Gasteiger partial charge in [0.15, 0.2) is 0 Å². The molecule has 4 N–H and O–H groups in total. The highest BCUT2D eigenvalue weighted by Crippen LogP contribution is 2.39. The molecule has 8 aromatic rings. The van der Waals surface area contributed by atoms with Crippen LogP contribution in [-0.2, 0) is 18.9 Å². The summed E-state index contributed by atoms with van der Waals surface area (Å²) in [5.74, 6) is 4.45. The molecule has 8 heterocycles. The predicted molar refractivity (Wildman–Crippen MR) is 393 cm³/mol. The SMILES string of the molecule is C=Cc1c(O)cccc1OCC1=C(c2ccnn2C(C)C)CCOC1.C=Cc1c(O)cccc1OCC1=C(c2ccnn2C(C)C)COCC1.C=Cc1c(O)cccc1OCC1CCOCC1c1ccnn1C(C)C.C=Cc1c(O)cccc1OCC1COCCC1c1ccnn1C(C)C. The molecule has 20 heteroatoms. The maximum absolute atomic E-state index is 9.95. The molecule has 0 spiro atoms. The summed E-state index contributed by atoms with van der Waals surface area (Å²) >= 11 is 0. The lowest BCUT2D eigenvalue weighted by molar-refractivity contribution is 0.0183. The van der Waals surface area contributed by atoms with Crippen molar-refractivity contribution in [3.63, 3.8) is 0 Å². The lowest BCUT2D eigenvalue weighted by Crippen LogP contribution is -2.32. The van der Waals surface area contributed by atoms with E-state index in [0.29, 0.717) is 141 Å². The smallest absolute Gasteiger partial charge is 0.130 e. The van der Waals surface area contributed by atoms with E-state index in [1.165, 1.54) is 22.5 Å². The van der Waals surface area contributed by atoms with Crippen LogP contribution in [0.15, 0.2) is 159 Å². The maximum Gasteiger partial charge on any atom is 0.130 e. The number of aromatic nitrogens is 8. The molecule has 0 radical (unpaired) electrons. The van der Waals surface area contributed by atoms with Crippen LogP contribution < -0.4 is 18.9 Å². The first kappa shape index (κ1) is 74.6. The van der Waals surface area contributed by atoms with Crippen molar-refractivity contribution in [1.82, 2.24) is 39.1 Å². The summed E-state index contributed by atoms with van der Waals surface area (Å²) in [5, 5.41) is 57.5. The summed E-state index contributed by atoms with van der Waals surface area (Å²) in [6, 6.07) is 30.5. The van der Waals surface area contributed by atoms with Crippen molar-refractivity contribution < 1.29 is 58.3 Å². The molecule has 0 bridgehead atoms. The predicted octanol–water partition coefficient (Wildman–Crippen LogP) is 16.2. The number of ether oxygens (including phenoxy) is 8. The number of hydrogen-bond acceptors (Lipinski definition) is 16. The highest BCUT2D eigenvalue weighted by molar-refractivity contribution is 5.70. The normalized spacial score (nSPS) is 17.7. The highest BCUT2D eigenvalue weighted by Gasteiger charge is 2.33. The Morgan fingerprint density at radius 3 is 1.31 bits per heavy atom. The second-order valence-corrected chi connectivity index (χ2v) is 26.1. The lowest BCUT2D eigenvalue weighted by Gasteiger charge is -2.32. The van der Waals surface area contributed by atoms with Gasteiger partial charge in [-0.05, 0) is 171 Å². The van der Waals surface area contributed by atoms with Crippen molar-refractivity contribution in [3.05, 3.63) is 204 Å². The molecule has 0 amide bonds. The van der Waals surface area contributed by atoms with Crippen LogP contribution in [0, 0.1) is 11.8 Å². The Labute approximate surface area is 588 Å². The van der Waals surface area contributed by atoms with Crippen molar-refractivity contribution in [3.8, 4) is 46.0 Å². The fourth-order valence-electron chi connectivity index (χ4n) is 13.0. The third kappa shape index (κ3) is 18.6. The van der Waals surface area contributed by atoms with E-state index >= 15 is 0 Å². The molecule has 0 saturated carbocycles. The zero-order valence-corrected chi connectivity index (χ0v) is 59.2. The topological polar surface area (TPSA) is 226 Å². The third-order valence-corrected chi connectivity index (χ3v) is 18.2. The van der Waals surface area contributed by atoms with Gasteiger partial charge < -0.3 is 58.3 Å². The van der Waals surface area contributed by atoms with E-state index in [1.807, 2.05) is 70.5 Å². The van der Waals surface area contributed by atoms with Crippen LogP contribution in [0.3, 0.4) is 0 Å². The first-order valence-electron chi connectivity index (χ1n) is 34.6. The number of phenolic OH excluding ortho intramolecular Hbond substituents is 4. The minimum Gasteiger partial charge on any atom is -0.507 e. The van der Waals surface area contributed by atoms with Crippen LogP contribution in [-0.4, -0.2) is 139 Å². The Morgan fingerprint density at radius 2 is 0.820 bits per heavy atom. The molecule has 2 fully saturated rings. The number of nitrogens with zero attached hydrogens (tertiary/aromatic N) is 8. The van der Waals surface area contributed by atoms with Gasteiger partial charge in [-0.15, -0.1) is 0 Å². The number of hydrogen-bond donors (Lipinski definition) is 4. The van der Waals surface area contributed by atoms with Crippen LogP contribution in [0.1, 0.15) is 162 Å². The van der Waals surface area contributed by atoms with Gasteiger partial charge >= 0.3 is 0 Å². The van der Waals surface area contributed by atoms with Gasteiger partial charge in [-0.2, -0.15) is 20.4 Å². The summed E-state index contributed by atoms with van der Waals surface area (Å²) in [7, 11) is 0. The summed E-state index contributed by atoms with van der Waals surface area (Å²) in [6.45, 7) is 39.3. The number of aromatic hydroxyl groups is 4. The third-order valence-electron chi connectivity index (χ3n) is 18.2. The zero-order chi connectivity index (χ0) is 71.2. The molecule has 4 atom stereocenters. The monoisotopic (exact) mass is 1360 g/mol. The largest absolute Gasteiger partial charge is 0.507 e. The van der Waals surface area contributed by atoms with Gasteiger partial charge in [-0.1, -0.05) is 74.9 Å². The molecule has 4 aliphatic heterocycles. The summed E-state index contributed by atoms with van der Waals surface area (Å²) < 4.78 is 55.0. The first-order chi connectivity index (χ1) is 48.5. The average molecular weight is 1370 g/mol. The van der Waals surface area contributed by atoms with Crippen molar-refractivity contribution in [2.75, 3.05) is 79.3 Å². The van der Waals surface area contributed by atoms with Crippen LogP contribution in [0.25, 0.3) is 35.5 Å².